The molecule has 0 aromatic heterocycles. The molecular weight excluding hydrogens is 230 g/mol. The van der Waals surface area contributed by atoms with Crippen LogP contribution < -0.4 is 5.32 Å². The quantitative estimate of drug-likeness (QED) is 0.483. The van der Waals surface area contributed by atoms with Crippen LogP contribution in [0.25, 0.3) is 0 Å². The molecule has 108 valence electrons. The molecule has 0 aliphatic heterocycles. The van der Waals surface area contributed by atoms with Crippen molar-refractivity contribution in [1.82, 2.24) is 5.32 Å². The van der Waals surface area contributed by atoms with E-state index >= 15 is 0 Å². The monoisotopic (exact) mass is 259 g/mol. The minimum Gasteiger partial charge on any atom is -0.465 e. The third kappa shape index (κ3) is 9.42. The Labute approximate surface area is 111 Å². The highest BCUT2D eigenvalue weighted by molar-refractivity contribution is 5.75. The predicted octanol–water partition coefficient (Wildman–Crippen LogP) is 2.37. The van der Waals surface area contributed by atoms with Crippen LogP contribution >= 0.6 is 0 Å². The zero-order valence-electron chi connectivity index (χ0n) is 12.5. The fourth-order valence-corrected chi connectivity index (χ4v) is 1.62. The highest BCUT2D eigenvalue weighted by Gasteiger charge is 2.20. The average molecular weight is 259 g/mol. The van der Waals surface area contributed by atoms with Gasteiger partial charge in [0.15, 0.2) is 0 Å². The van der Waals surface area contributed by atoms with Crippen LogP contribution in [0.4, 0.5) is 0 Å². The van der Waals surface area contributed by atoms with Crippen molar-refractivity contribution in [3.05, 3.63) is 0 Å². The van der Waals surface area contributed by atoms with Crippen LogP contribution in [-0.4, -0.2) is 37.9 Å². The Balaban J connectivity index is 3.90. The summed E-state index contributed by atoms with van der Waals surface area (Å²) < 4.78 is 10.6. The van der Waals surface area contributed by atoms with Crippen molar-refractivity contribution in [2.75, 3.05) is 19.8 Å². The van der Waals surface area contributed by atoms with Crippen molar-refractivity contribution < 1.29 is 14.3 Å². The first-order chi connectivity index (χ1) is 8.47. The van der Waals surface area contributed by atoms with Crippen molar-refractivity contribution in [3.63, 3.8) is 0 Å². The van der Waals surface area contributed by atoms with Gasteiger partial charge in [0.2, 0.25) is 0 Å². The lowest BCUT2D eigenvalue weighted by molar-refractivity contribution is -0.147. The number of carbonyl (C=O) groups excluding carboxylic acids is 1. The molecule has 0 rings (SSSR count). The molecule has 18 heavy (non-hydrogen) atoms. The molecule has 4 nitrogen and oxygen atoms in total. The number of hydrogen-bond acceptors (Lipinski definition) is 4. The van der Waals surface area contributed by atoms with Crippen molar-refractivity contribution in [2.24, 2.45) is 5.92 Å². The van der Waals surface area contributed by atoms with Gasteiger partial charge in [-0.3, -0.25) is 4.79 Å². The molecule has 1 unspecified atom stereocenters. The van der Waals surface area contributed by atoms with Crippen LogP contribution in [0.5, 0.6) is 0 Å². The number of esters is 1. The minimum absolute atomic E-state index is 0.227. The molecular formula is C14H29NO3. The Kier molecular flexibility index (Phi) is 9.98. The molecule has 0 fully saturated rings. The Hall–Kier alpha value is -0.610. The summed E-state index contributed by atoms with van der Waals surface area (Å²) in [7, 11) is 0. The summed E-state index contributed by atoms with van der Waals surface area (Å²) in [5, 5.41) is 3.16. The fourth-order valence-electron chi connectivity index (χ4n) is 1.62. The second-order valence-corrected chi connectivity index (χ2v) is 5.24. The lowest BCUT2D eigenvalue weighted by atomic mass is 10.1. The van der Waals surface area contributed by atoms with E-state index in [1.807, 2.05) is 20.8 Å². The van der Waals surface area contributed by atoms with E-state index in [0.29, 0.717) is 25.7 Å². The number of nitrogens with one attached hydrogen (secondary N) is 1. The molecule has 0 aromatic carbocycles. The van der Waals surface area contributed by atoms with Gasteiger partial charge in [0.05, 0.1) is 13.2 Å². The van der Waals surface area contributed by atoms with E-state index in [4.69, 9.17) is 9.47 Å². The SMILES string of the molecule is CCOC(=O)C(COCCCC(C)C)NC(C)C. The summed E-state index contributed by atoms with van der Waals surface area (Å²) in [6, 6.07) is -0.123. The second kappa shape index (κ2) is 10.3. The van der Waals surface area contributed by atoms with E-state index < -0.39 is 0 Å². The molecule has 0 bridgehead atoms. The normalized spacial score (nSPS) is 13.1. The van der Waals surface area contributed by atoms with Crippen LogP contribution in [0.15, 0.2) is 0 Å². The third-order valence-corrected chi connectivity index (χ3v) is 2.46. The van der Waals surface area contributed by atoms with Gasteiger partial charge in [-0.25, -0.2) is 0 Å². The van der Waals surface area contributed by atoms with Gasteiger partial charge in [-0.2, -0.15) is 0 Å². The maximum absolute atomic E-state index is 11.7. The van der Waals surface area contributed by atoms with E-state index in [0.717, 1.165) is 12.8 Å². The first kappa shape index (κ1) is 17.4. The van der Waals surface area contributed by atoms with E-state index in [-0.39, 0.29) is 18.1 Å². The maximum Gasteiger partial charge on any atom is 0.325 e. The van der Waals surface area contributed by atoms with Gasteiger partial charge < -0.3 is 14.8 Å². The van der Waals surface area contributed by atoms with E-state index in [1.165, 1.54) is 0 Å². The van der Waals surface area contributed by atoms with Crippen LogP contribution in [0.2, 0.25) is 0 Å². The van der Waals surface area contributed by atoms with Crippen molar-refractivity contribution in [1.29, 1.82) is 0 Å². The van der Waals surface area contributed by atoms with Gasteiger partial charge >= 0.3 is 5.97 Å². The highest BCUT2D eigenvalue weighted by atomic mass is 16.5. The molecule has 0 amide bonds. The number of carbonyl (C=O) groups is 1. The topological polar surface area (TPSA) is 47.6 Å². The predicted molar refractivity (Wildman–Crippen MR) is 73.6 cm³/mol. The highest BCUT2D eigenvalue weighted by Crippen LogP contribution is 2.03. The van der Waals surface area contributed by atoms with Crippen LogP contribution in [0, 0.1) is 5.92 Å². The zero-order chi connectivity index (χ0) is 14.0. The Bertz CT molecular complexity index is 217. The Morgan fingerprint density at radius 1 is 1.22 bits per heavy atom. The van der Waals surface area contributed by atoms with Gasteiger partial charge in [0.1, 0.15) is 6.04 Å². The summed E-state index contributed by atoms with van der Waals surface area (Å²) >= 11 is 0. The van der Waals surface area contributed by atoms with Crippen LogP contribution in [-0.2, 0) is 14.3 Å². The molecule has 0 aromatic rings. The van der Waals surface area contributed by atoms with Gasteiger partial charge in [-0.05, 0) is 25.7 Å². The molecule has 0 aliphatic carbocycles. The summed E-state index contributed by atoms with van der Waals surface area (Å²) in [5.41, 5.74) is 0. The molecule has 0 saturated heterocycles. The molecule has 0 radical (unpaired) electrons. The average Bonchev–Trinajstić information content (AvgIpc) is 2.26. The fraction of sp³-hybridized carbons (Fsp3) is 0.929. The van der Waals surface area contributed by atoms with Gasteiger partial charge in [0, 0.05) is 12.6 Å². The smallest absolute Gasteiger partial charge is 0.325 e. The molecule has 0 spiro atoms. The molecule has 0 saturated carbocycles. The number of ether oxygens (including phenoxy) is 2. The molecule has 0 heterocycles. The van der Waals surface area contributed by atoms with Crippen molar-refractivity contribution in [2.45, 2.75) is 59.5 Å². The first-order valence-corrected chi connectivity index (χ1v) is 6.97. The lowest BCUT2D eigenvalue weighted by Gasteiger charge is -2.19. The largest absolute Gasteiger partial charge is 0.465 e. The van der Waals surface area contributed by atoms with Gasteiger partial charge in [-0.15, -0.1) is 0 Å². The summed E-state index contributed by atoms with van der Waals surface area (Å²) in [6.45, 7) is 11.7. The molecule has 1 atom stereocenters. The number of rotatable bonds is 10. The molecule has 4 heteroatoms. The third-order valence-electron chi connectivity index (χ3n) is 2.46. The second-order valence-electron chi connectivity index (χ2n) is 5.24. The Morgan fingerprint density at radius 3 is 2.39 bits per heavy atom. The van der Waals surface area contributed by atoms with Crippen LogP contribution in [0.3, 0.4) is 0 Å². The first-order valence-electron chi connectivity index (χ1n) is 6.97. The standard InChI is InChI=1S/C14H29NO3/c1-6-18-14(16)13(15-12(4)5)10-17-9-7-8-11(2)3/h11-13,15H,6-10H2,1-5H3. The lowest BCUT2D eigenvalue weighted by Crippen LogP contribution is -2.45. The summed E-state index contributed by atoms with van der Waals surface area (Å²) in [5.74, 6) is 0.471. The summed E-state index contributed by atoms with van der Waals surface area (Å²) in [6.07, 6.45) is 2.19. The van der Waals surface area contributed by atoms with Crippen molar-refractivity contribution >= 4 is 5.97 Å². The molecule has 0 aliphatic rings. The van der Waals surface area contributed by atoms with E-state index in [2.05, 4.69) is 19.2 Å². The van der Waals surface area contributed by atoms with E-state index in [1.54, 1.807) is 0 Å². The van der Waals surface area contributed by atoms with Gasteiger partial charge in [-0.1, -0.05) is 27.7 Å². The zero-order valence-corrected chi connectivity index (χ0v) is 12.5. The summed E-state index contributed by atoms with van der Waals surface area (Å²) in [4.78, 5) is 11.7. The maximum atomic E-state index is 11.7. The Morgan fingerprint density at radius 2 is 1.89 bits per heavy atom. The van der Waals surface area contributed by atoms with Crippen LogP contribution in [0.1, 0.15) is 47.5 Å². The van der Waals surface area contributed by atoms with Gasteiger partial charge in [0.25, 0.3) is 0 Å². The minimum atomic E-state index is -0.357. The van der Waals surface area contributed by atoms with Crippen molar-refractivity contribution in [3.8, 4) is 0 Å². The van der Waals surface area contributed by atoms with E-state index in [9.17, 15) is 4.79 Å². The number of hydrogen-bond donors (Lipinski definition) is 1. The molecule has 1 N–H and O–H groups in total.